The summed E-state index contributed by atoms with van der Waals surface area (Å²) in [6.45, 7) is 18.5. The molecule has 2 aliphatic carbocycles. The third kappa shape index (κ3) is 8.45. The van der Waals surface area contributed by atoms with Gasteiger partial charge < -0.3 is 52.2 Å². The van der Waals surface area contributed by atoms with Crippen molar-refractivity contribution in [2.45, 2.75) is 142 Å². The third-order valence-electron chi connectivity index (χ3n) is 13.4. The van der Waals surface area contributed by atoms with Gasteiger partial charge in [0.2, 0.25) is 6.10 Å². The minimum absolute atomic E-state index is 0.0961. The first-order chi connectivity index (χ1) is 29.4. The van der Waals surface area contributed by atoms with Gasteiger partial charge in [-0.3, -0.25) is 28.8 Å². The van der Waals surface area contributed by atoms with E-state index in [1.54, 1.807) is 47.6 Å². The van der Waals surface area contributed by atoms with Crippen LogP contribution in [0.3, 0.4) is 0 Å². The van der Waals surface area contributed by atoms with Crippen molar-refractivity contribution in [3.63, 3.8) is 0 Å². The topological polar surface area (TPSA) is 256 Å². The molecule has 4 aliphatic rings. The molecule has 1 N–H and O–H groups in total. The lowest BCUT2D eigenvalue weighted by Gasteiger charge is -2.59. The first-order valence-electron chi connectivity index (χ1n) is 20.7. The number of esters is 7. The second-order valence-electron chi connectivity index (χ2n) is 18.1. The molecule has 0 aromatic carbocycles. The van der Waals surface area contributed by atoms with E-state index in [4.69, 9.17) is 47.0 Å². The maximum absolute atomic E-state index is 14.1. The Labute approximate surface area is 364 Å². The second-order valence-corrected chi connectivity index (χ2v) is 18.1. The highest BCUT2D eigenvalue weighted by Crippen LogP contribution is 2.77. The molecule has 4 fully saturated rings. The molecule has 19 heteroatoms. The number of ether oxygens (including phenoxy) is 9. The van der Waals surface area contributed by atoms with Gasteiger partial charge in [-0.25, -0.2) is 9.59 Å². The maximum Gasteiger partial charge on any atom is 0.348 e. The van der Waals surface area contributed by atoms with E-state index in [0.717, 1.165) is 27.9 Å². The van der Waals surface area contributed by atoms with E-state index in [1.807, 2.05) is 0 Å². The molecule has 2 saturated carbocycles. The zero-order chi connectivity index (χ0) is 47.1. The Morgan fingerprint density at radius 3 is 2.11 bits per heavy atom. The molecule has 63 heavy (non-hydrogen) atoms. The number of furan rings is 1. The van der Waals surface area contributed by atoms with Crippen molar-refractivity contribution in [3.8, 4) is 0 Å². The van der Waals surface area contributed by atoms with Gasteiger partial charge in [-0.2, -0.15) is 0 Å². The van der Waals surface area contributed by atoms with Crippen molar-refractivity contribution >= 4 is 48.3 Å². The van der Waals surface area contributed by atoms with Gasteiger partial charge >= 0.3 is 41.8 Å². The van der Waals surface area contributed by atoms with Crippen LogP contribution in [0.15, 0.2) is 35.2 Å². The van der Waals surface area contributed by atoms with Crippen LogP contribution in [0.25, 0.3) is 0 Å². The molecule has 2 saturated heterocycles. The van der Waals surface area contributed by atoms with E-state index in [0.29, 0.717) is 5.56 Å². The monoisotopic (exact) mass is 890 g/mol. The lowest BCUT2D eigenvalue weighted by Crippen LogP contribution is -2.68. The van der Waals surface area contributed by atoms with E-state index < -0.39 is 156 Å². The molecular weight excluding hydrogens is 832 g/mol. The highest BCUT2D eigenvalue weighted by atomic mass is 16.7. The van der Waals surface area contributed by atoms with Gasteiger partial charge in [0.15, 0.2) is 6.10 Å². The Hall–Kier alpha value is -5.30. The summed E-state index contributed by atoms with van der Waals surface area (Å²) in [6.07, 6.45) is -8.84. The molecule has 0 unspecified atom stereocenters. The number of cyclic esters (lactones) is 1. The smallest absolute Gasteiger partial charge is 0.348 e. The molecule has 0 radical (unpaired) electrons. The van der Waals surface area contributed by atoms with Gasteiger partial charge in [0, 0.05) is 49.9 Å². The van der Waals surface area contributed by atoms with Crippen LogP contribution in [-0.4, -0.2) is 121 Å². The van der Waals surface area contributed by atoms with Crippen molar-refractivity contribution < 1.29 is 90.5 Å². The van der Waals surface area contributed by atoms with Crippen LogP contribution in [0.5, 0.6) is 0 Å². The number of methoxy groups -OCH3 is 1. The lowest BCUT2D eigenvalue weighted by molar-refractivity contribution is -0.228. The first-order valence-corrected chi connectivity index (χ1v) is 20.7. The molecule has 2 aliphatic heterocycles. The van der Waals surface area contributed by atoms with Crippen molar-refractivity contribution in [2.75, 3.05) is 13.7 Å². The minimum atomic E-state index is -1.90. The van der Waals surface area contributed by atoms with Crippen LogP contribution < -0.4 is 0 Å². The summed E-state index contributed by atoms with van der Waals surface area (Å²) >= 11 is 0. The summed E-state index contributed by atoms with van der Waals surface area (Å²) in [4.78, 5) is 106. The number of carbonyl (C=O) groups excluding carboxylic acids is 8. The van der Waals surface area contributed by atoms with E-state index in [2.05, 4.69) is 6.58 Å². The SMILES string of the molecule is C=C1[C@@H]([C@@]2(C)[C@@H](OC(C)=O)CC(=O)O[C@](C)(COC(C)=O)[C@@H]2CC(=O)OC)[C@@H](OC=O)[C@H](OC(=O)[C@H](O)C(C)C)[C@@]2(C)[C@@H](c3ccoc3)[C@@H](OC(=O)[C@H](OC(C)=O)C(C)C)[C@H]3O[C@]132. The summed E-state index contributed by atoms with van der Waals surface area (Å²) in [5.41, 5.74) is -6.60. The Balaban J connectivity index is 1.86. The average Bonchev–Trinajstić information content (AvgIpc) is 3.67. The van der Waals surface area contributed by atoms with Crippen LogP contribution in [0.4, 0.5) is 0 Å². The molecule has 14 atom stereocenters. The molecule has 5 rings (SSSR count). The summed E-state index contributed by atoms with van der Waals surface area (Å²) in [5.74, 6) is -11.2. The van der Waals surface area contributed by atoms with E-state index >= 15 is 0 Å². The van der Waals surface area contributed by atoms with E-state index in [9.17, 15) is 43.5 Å². The third-order valence-corrected chi connectivity index (χ3v) is 13.4. The van der Waals surface area contributed by atoms with Crippen LogP contribution in [0.1, 0.15) is 93.6 Å². The number of hydrogen-bond acceptors (Lipinski definition) is 19. The summed E-state index contributed by atoms with van der Waals surface area (Å²) in [5, 5.41) is 11.1. The van der Waals surface area contributed by atoms with E-state index in [1.165, 1.54) is 19.5 Å². The summed E-state index contributed by atoms with van der Waals surface area (Å²) in [6, 6.07) is 1.59. The number of aliphatic hydroxyl groups excluding tert-OH is 1. The molecule has 1 aromatic heterocycles. The predicted molar refractivity (Wildman–Crippen MR) is 211 cm³/mol. The highest BCUT2D eigenvalue weighted by Gasteiger charge is 2.88. The van der Waals surface area contributed by atoms with Gasteiger partial charge in [-0.15, -0.1) is 0 Å². The Kier molecular flexibility index (Phi) is 14.0. The molecule has 3 heterocycles. The highest BCUT2D eigenvalue weighted by molar-refractivity contribution is 5.80. The fraction of sp³-hybridized carbons (Fsp3) is 0.682. The second kappa shape index (κ2) is 18.1. The van der Waals surface area contributed by atoms with Gasteiger partial charge in [-0.05, 0) is 30.0 Å². The molecule has 19 nitrogen and oxygen atoms in total. The number of carbonyl (C=O) groups is 8. The zero-order valence-electron chi connectivity index (χ0n) is 37.4. The van der Waals surface area contributed by atoms with Crippen molar-refractivity contribution in [3.05, 3.63) is 36.3 Å². The first kappa shape index (κ1) is 48.7. The molecule has 348 valence electrons. The summed E-state index contributed by atoms with van der Waals surface area (Å²) in [7, 11) is 1.12. The predicted octanol–water partition coefficient (Wildman–Crippen LogP) is 3.06. The van der Waals surface area contributed by atoms with Crippen LogP contribution in [0.2, 0.25) is 0 Å². The van der Waals surface area contributed by atoms with E-state index in [-0.39, 0.29) is 12.0 Å². The fourth-order valence-electron chi connectivity index (χ4n) is 10.6. The Bertz CT molecular complexity index is 1970. The van der Waals surface area contributed by atoms with Gasteiger partial charge in [0.05, 0.1) is 37.9 Å². The van der Waals surface area contributed by atoms with Gasteiger partial charge in [-0.1, -0.05) is 48.1 Å². The lowest BCUT2D eigenvalue weighted by atomic mass is 9.47. The largest absolute Gasteiger partial charge is 0.472 e. The summed E-state index contributed by atoms with van der Waals surface area (Å²) < 4.78 is 58.8. The molecular formula is C44H58O19. The molecule has 0 amide bonds. The van der Waals surface area contributed by atoms with Crippen LogP contribution in [0, 0.1) is 34.5 Å². The number of aliphatic hydroxyl groups is 1. The standard InChI is InChI=1S/C44H58O19/c1-20(2)33(51)39(52)61-37-35(57-19-45)31(42(10)27(15-29(49)54-12)41(9,18-56-23(6)46)62-30(50)16-28(42)58-24(7)47)22(5)44-38(63-44)36(32(43(37,44)11)26-13-14-55-17-26)60-40(53)34(21(3)4)59-25(8)48/h13-14,17,19-21,27-28,31-38,51H,5,15-16,18H2,1-4,6-12H3/t27-,28-,31+,32-,33+,34+,35+,36+,37-,38+,41+,42+,43+,44+/m0/s1. The van der Waals surface area contributed by atoms with Crippen LogP contribution >= 0.6 is 0 Å². The van der Waals surface area contributed by atoms with Gasteiger partial charge in [0.1, 0.15) is 48.3 Å². The number of rotatable bonds is 16. The van der Waals surface area contributed by atoms with Crippen molar-refractivity contribution in [2.24, 2.45) is 34.5 Å². The van der Waals surface area contributed by atoms with Gasteiger partial charge in [0.25, 0.3) is 6.47 Å². The number of hydrogen-bond donors (Lipinski definition) is 1. The molecule has 0 bridgehead atoms. The quantitative estimate of drug-likeness (QED) is 0.0822. The average molecular weight is 891 g/mol. The molecule has 1 spiro atoms. The molecule has 1 aromatic rings. The number of epoxide rings is 1. The maximum atomic E-state index is 14.1. The Morgan fingerprint density at radius 2 is 1.59 bits per heavy atom. The Morgan fingerprint density at radius 1 is 0.921 bits per heavy atom. The fourth-order valence-corrected chi connectivity index (χ4v) is 10.6. The van der Waals surface area contributed by atoms with Crippen molar-refractivity contribution in [1.29, 1.82) is 0 Å². The van der Waals surface area contributed by atoms with Crippen LogP contribution in [-0.2, 0) is 81.0 Å². The zero-order valence-corrected chi connectivity index (χ0v) is 37.4. The van der Waals surface area contributed by atoms with Crippen molar-refractivity contribution in [1.82, 2.24) is 0 Å². The normalized spacial score (nSPS) is 35.4. The minimum Gasteiger partial charge on any atom is -0.472 e.